The molecule has 5 nitrogen and oxygen atoms in total. The van der Waals surface area contributed by atoms with Gasteiger partial charge in [0.2, 0.25) is 0 Å². The van der Waals surface area contributed by atoms with Crippen LogP contribution in [0.3, 0.4) is 0 Å². The van der Waals surface area contributed by atoms with Gasteiger partial charge in [-0.05, 0) is 28.9 Å². The summed E-state index contributed by atoms with van der Waals surface area (Å²) in [5.74, 6) is -0.614. The van der Waals surface area contributed by atoms with Crippen molar-refractivity contribution in [3.8, 4) is 0 Å². The van der Waals surface area contributed by atoms with Crippen LogP contribution in [-0.2, 0) is 14.3 Å². The Morgan fingerprint density at radius 2 is 1.27 bits per heavy atom. The minimum Gasteiger partial charge on any atom is -0.449 e. The summed E-state index contributed by atoms with van der Waals surface area (Å²) in [4.78, 5) is 24.4. The molecule has 170 valence electrons. The van der Waals surface area contributed by atoms with Crippen LogP contribution < -0.4 is 20.9 Å². The summed E-state index contributed by atoms with van der Waals surface area (Å²) in [6, 6.07) is 30.8. The number of hydrogen-bond acceptors (Lipinski definition) is 4. The van der Waals surface area contributed by atoms with Crippen LogP contribution in [0, 0.1) is 0 Å². The lowest BCUT2D eigenvalue weighted by molar-refractivity contribution is -0.143. The van der Waals surface area contributed by atoms with Gasteiger partial charge in [-0.3, -0.25) is 5.32 Å². The Kier molecular flexibility index (Phi) is 8.21. The molecule has 3 aromatic carbocycles. The highest BCUT2D eigenvalue weighted by Gasteiger charge is 2.48. The molecule has 0 fully saturated rings. The van der Waals surface area contributed by atoms with E-state index < -0.39 is 32.1 Å². The van der Waals surface area contributed by atoms with E-state index in [4.69, 9.17) is 9.47 Å². The Bertz CT molecular complexity index is 961. The summed E-state index contributed by atoms with van der Waals surface area (Å²) < 4.78 is 11.2. The maximum atomic E-state index is 12.9. The van der Waals surface area contributed by atoms with Crippen LogP contribution in [0.2, 0.25) is 0 Å². The zero-order valence-electron chi connectivity index (χ0n) is 18.9. The molecule has 0 bridgehead atoms. The molecule has 0 aromatic heterocycles. The second-order valence-electron chi connectivity index (χ2n) is 7.64. The standard InChI is InChI=1S/C27H29NO4Si/c1-4-25(29)31-21(3)28-27(30)32-26(5-2)33(22-15-9-6-10-16-22,23-17-11-7-12-18-23)24-19-13-8-14-20-24/h4,6-21,26H,1,5H2,2-3H3,(H,28,30). The third-order valence-electron chi connectivity index (χ3n) is 5.57. The van der Waals surface area contributed by atoms with Crippen molar-refractivity contribution in [1.29, 1.82) is 0 Å². The van der Waals surface area contributed by atoms with Crippen molar-refractivity contribution in [3.05, 3.63) is 104 Å². The monoisotopic (exact) mass is 459 g/mol. The van der Waals surface area contributed by atoms with Gasteiger partial charge in [-0.25, -0.2) is 9.59 Å². The molecule has 0 spiro atoms. The third-order valence-corrected chi connectivity index (χ3v) is 10.8. The van der Waals surface area contributed by atoms with Crippen LogP contribution in [0.25, 0.3) is 0 Å². The second kappa shape index (κ2) is 11.3. The summed E-state index contributed by atoms with van der Waals surface area (Å²) in [6.45, 7) is 6.97. The van der Waals surface area contributed by atoms with E-state index in [2.05, 4.69) is 48.3 Å². The molecule has 2 unspecified atom stereocenters. The van der Waals surface area contributed by atoms with Gasteiger partial charge < -0.3 is 9.47 Å². The minimum absolute atomic E-state index is 0.410. The fraction of sp³-hybridized carbons (Fsp3) is 0.185. The largest absolute Gasteiger partial charge is 0.449 e. The van der Waals surface area contributed by atoms with Gasteiger partial charge in [-0.2, -0.15) is 0 Å². The lowest BCUT2D eigenvalue weighted by atomic mass is 10.3. The molecule has 2 atom stereocenters. The number of nitrogens with one attached hydrogen (secondary N) is 1. The predicted octanol–water partition coefficient (Wildman–Crippen LogP) is 3.28. The van der Waals surface area contributed by atoms with Gasteiger partial charge in [0.05, 0.1) is 0 Å². The van der Waals surface area contributed by atoms with E-state index in [9.17, 15) is 9.59 Å². The van der Waals surface area contributed by atoms with Gasteiger partial charge in [0.15, 0.2) is 14.3 Å². The molecule has 0 aliphatic carbocycles. The maximum absolute atomic E-state index is 12.9. The molecule has 0 aliphatic heterocycles. The fourth-order valence-electron chi connectivity index (χ4n) is 4.22. The average Bonchev–Trinajstić information content (AvgIpc) is 2.85. The molecule has 1 amide bonds. The Hall–Kier alpha value is -3.64. The van der Waals surface area contributed by atoms with Crippen LogP contribution in [0.15, 0.2) is 104 Å². The summed E-state index contributed by atoms with van der Waals surface area (Å²) in [6.07, 6.45) is 0.183. The zero-order valence-corrected chi connectivity index (χ0v) is 19.9. The van der Waals surface area contributed by atoms with Crippen LogP contribution in [-0.4, -0.2) is 32.1 Å². The number of benzene rings is 3. The van der Waals surface area contributed by atoms with E-state index in [1.807, 2.05) is 61.5 Å². The Labute approximate surface area is 196 Å². The molecular formula is C27H29NO4Si. The van der Waals surface area contributed by atoms with Crippen molar-refractivity contribution in [2.24, 2.45) is 0 Å². The van der Waals surface area contributed by atoms with E-state index in [0.29, 0.717) is 6.42 Å². The van der Waals surface area contributed by atoms with Crippen molar-refractivity contribution in [2.45, 2.75) is 32.2 Å². The van der Waals surface area contributed by atoms with Crippen molar-refractivity contribution >= 4 is 35.7 Å². The highest BCUT2D eigenvalue weighted by Crippen LogP contribution is 2.18. The van der Waals surface area contributed by atoms with E-state index in [-0.39, 0.29) is 0 Å². The SMILES string of the molecule is C=CC(=O)OC(C)NC(=O)OC(CC)[Si](c1ccccc1)(c1ccccc1)c1ccccc1. The highest BCUT2D eigenvalue weighted by atomic mass is 28.3. The van der Waals surface area contributed by atoms with E-state index in [1.165, 1.54) is 0 Å². The van der Waals surface area contributed by atoms with Crippen LogP contribution in [0.1, 0.15) is 20.3 Å². The topological polar surface area (TPSA) is 64.6 Å². The molecule has 3 rings (SSSR count). The quantitative estimate of drug-likeness (QED) is 0.175. The number of rotatable bonds is 9. The minimum atomic E-state index is -2.81. The van der Waals surface area contributed by atoms with Crippen LogP contribution >= 0.6 is 0 Å². The Morgan fingerprint density at radius 3 is 1.64 bits per heavy atom. The van der Waals surface area contributed by atoms with E-state index >= 15 is 0 Å². The first-order chi connectivity index (χ1) is 16.0. The highest BCUT2D eigenvalue weighted by molar-refractivity contribution is 7.12. The molecular weight excluding hydrogens is 430 g/mol. The van der Waals surface area contributed by atoms with Gasteiger partial charge in [0.1, 0.15) is 5.73 Å². The van der Waals surface area contributed by atoms with Crippen LogP contribution in [0.5, 0.6) is 0 Å². The Balaban J connectivity index is 2.09. The van der Waals surface area contributed by atoms with Gasteiger partial charge in [-0.1, -0.05) is 104 Å². The molecule has 0 radical (unpaired) electrons. The number of amides is 1. The molecule has 1 N–H and O–H groups in total. The third kappa shape index (κ3) is 5.41. The lowest BCUT2D eigenvalue weighted by Crippen LogP contribution is -2.75. The van der Waals surface area contributed by atoms with Crippen molar-refractivity contribution in [3.63, 3.8) is 0 Å². The molecule has 3 aromatic rings. The predicted molar refractivity (Wildman–Crippen MR) is 133 cm³/mol. The molecule has 0 saturated carbocycles. The van der Waals surface area contributed by atoms with E-state index in [1.54, 1.807) is 6.92 Å². The fourth-order valence-corrected chi connectivity index (χ4v) is 9.39. The summed E-state index contributed by atoms with van der Waals surface area (Å²) in [5, 5.41) is 6.05. The van der Waals surface area contributed by atoms with Crippen molar-refractivity contribution in [1.82, 2.24) is 5.32 Å². The average molecular weight is 460 g/mol. The number of ether oxygens (including phenoxy) is 2. The Morgan fingerprint density at radius 1 is 0.848 bits per heavy atom. The number of hydrogen-bond donors (Lipinski definition) is 1. The number of alkyl carbamates (subject to hydrolysis) is 1. The van der Waals surface area contributed by atoms with Gasteiger partial charge in [0, 0.05) is 6.08 Å². The summed E-state index contributed by atoms with van der Waals surface area (Å²) in [7, 11) is -2.81. The van der Waals surface area contributed by atoms with Crippen LogP contribution in [0.4, 0.5) is 4.79 Å². The molecule has 33 heavy (non-hydrogen) atoms. The molecule has 0 heterocycles. The maximum Gasteiger partial charge on any atom is 0.409 e. The molecule has 0 saturated heterocycles. The normalized spacial score (nSPS) is 12.8. The number of carbonyl (C=O) groups is 2. The first-order valence-corrected chi connectivity index (χ1v) is 13.1. The van der Waals surface area contributed by atoms with Gasteiger partial charge >= 0.3 is 12.1 Å². The number of carbonyl (C=O) groups excluding carboxylic acids is 2. The summed E-state index contributed by atoms with van der Waals surface area (Å²) in [5.41, 5.74) is -0.410. The first-order valence-electron chi connectivity index (χ1n) is 11.0. The molecule has 0 aliphatic rings. The first kappa shape index (κ1) is 24.0. The smallest absolute Gasteiger partial charge is 0.409 e. The van der Waals surface area contributed by atoms with Gasteiger partial charge in [0.25, 0.3) is 0 Å². The number of esters is 1. The summed E-state index contributed by atoms with van der Waals surface area (Å²) >= 11 is 0. The van der Waals surface area contributed by atoms with Crippen molar-refractivity contribution < 1.29 is 19.1 Å². The second-order valence-corrected chi connectivity index (χ2v) is 11.6. The lowest BCUT2D eigenvalue weighted by Gasteiger charge is -2.39. The van der Waals surface area contributed by atoms with Crippen molar-refractivity contribution in [2.75, 3.05) is 0 Å². The van der Waals surface area contributed by atoms with Gasteiger partial charge in [-0.15, -0.1) is 0 Å². The zero-order chi connectivity index (χ0) is 23.7. The molecule has 6 heteroatoms. The van der Waals surface area contributed by atoms with E-state index in [0.717, 1.165) is 21.6 Å².